The van der Waals surface area contributed by atoms with Crippen LogP contribution in [0.4, 0.5) is 0 Å². The zero-order valence-corrected chi connectivity index (χ0v) is 15.0. The molecule has 0 saturated heterocycles. The van der Waals surface area contributed by atoms with Gasteiger partial charge in [-0.05, 0) is 37.6 Å². The second-order valence-corrected chi connectivity index (χ2v) is 6.43. The highest BCUT2D eigenvalue weighted by molar-refractivity contribution is 7.09. The molecule has 0 saturated carbocycles. The molecule has 0 aliphatic rings. The number of aryl methyl sites for hydroxylation is 1. The summed E-state index contributed by atoms with van der Waals surface area (Å²) < 4.78 is 5.17. The number of carbonyl (C=O) groups is 2. The van der Waals surface area contributed by atoms with Crippen LogP contribution in [-0.2, 0) is 22.4 Å². The molecule has 0 unspecified atom stereocenters. The van der Waals surface area contributed by atoms with Crippen LogP contribution in [0.15, 0.2) is 28.7 Å². The van der Waals surface area contributed by atoms with Crippen molar-refractivity contribution in [3.8, 4) is 5.75 Å². The van der Waals surface area contributed by atoms with Crippen LogP contribution in [0, 0.1) is 6.92 Å². The number of rotatable bonds is 7. The van der Waals surface area contributed by atoms with Crippen LogP contribution in [0.5, 0.6) is 5.75 Å². The summed E-state index contributed by atoms with van der Waals surface area (Å²) in [6, 6.07) is 5.15. The van der Waals surface area contributed by atoms with Gasteiger partial charge in [0, 0.05) is 10.9 Å². The van der Waals surface area contributed by atoms with Crippen molar-refractivity contribution in [1.29, 1.82) is 0 Å². The highest BCUT2D eigenvalue weighted by atomic mass is 32.1. The Kier molecular flexibility index (Phi) is 6.24. The predicted octanol–water partition coefficient (Wildman–Crippen LogP) is 2.17. The van der Waals surface area contributed by atoms with E-state index < -0.39 is 5.97 Å². The maximum absolute atomic E-state index is 11.9. The minimum atomic E-state index is -0.947. The van der Waals surface area contributed by atoms with Crippen LogP contribution < -0.4 is 10.2 Å². The number of nitrogens with one attached hydrogen (secondary N) is 1. The quantitative estimate of drug-likeness (QED) is 0.581. The fourth-order valence-electron chi connectivity index (χ4n) is 2.21. The van der Waals surface area contributed by atoms with Gasteiger partial charge in [-0.1, -0.05) is 0 Å². The molecule has 2 N–H and O–H groups in total. The van der Waals surface area contributed by atoms with E-state index in [9.17, 15) is 9.59 Å². The lowest BCUT2D eigenvalue weighted by Crippen LogP contribution is -2.21. The average molecular weight is 361 g/mol. The van der Waals surface area contributed by atoms with Crippen molar-refractivity contribution < 1.29 is 19.4 Å². The number of ether oxygens (including phenoxy) is 1. The van der Waals surface area contributed by atoms with Gasteiger partial charge in [-0.2, -0.15) is 5.10 Å². The highest BCUT2D eigenvalue weighted by Gasteiger charge is 2.11. The number of nitrogens with zero attached hydrogens (tertiary/aromatic N) is 2. The molecule has 0 radical (unpaired) electrons. The number of methoxy groups -OCH3 is 1. The Bertz CT molecular complexity index is 814. The maximum atomic E-state index is 11.9. The van der Waals surface area contributed by atoms with E-state index in [-0.39, 0.29) is 18.7 Å². The number of benzene rings is 1. The number of aliphatic carboxylic acids is 1. The van der Waals surface area contributed by atoms with Gasteiger partial charge in [0.15, 0.2) is 0 Å². The van der Waals surface area contributed by atoms with Crippen molar-refractivity contribution in [3.63, 3.8) is 0 Å². The van der Waals surface area contributed by atoms with Gasteiger partial charge in [0.1, 0.15) is 5.75 Å². The highest BCUT2D eigenvalue weighted by Crippen LogP contribution is 2.21. The van der Waals surface area contributed by atoms with Crippen molar-refractivity contribution in [2.45, 2.75) is 26.7 Å². The number of carboxylic acids is 1. The third kappa shape index (κ3) is 5.39. The Morgan fingerprint density at radius 1 is 1.36 bits per heavy atom. The Morgan fingerprint density at radius 2 is 2.12 bits per heavy atom. The number of amides is 1. The molecular weight excluding hydrogens is 342 g/mol. The molecule has 2 aromatic rings. The van der Waals surface area contributed by atoms with Gasteiger partial charge >= 0.3 is 5.97 Å². The van der Waals surface area contributed by atoms with E-state index in [4.69, 9.17) is 9.84 Å². The summed E-state index contributed by atoms with van der Waals surface area (Å²) in [5.74, 6) is -0.706. The van der Waals surface area contributed by atoms with Gasteiger partial charge in [0.25, 0.3) is 0 Å². The Hall–Kier alpha value is -2.74. The minimum Gasteiger partial charge on any atom is -0.496 e. The van der Waals surface area contributed by atoms with Crippen LogP contribution in [0.1, 0.15) is 28.8 Å². The molecule has 25 heavy (non-hydrogen) atoms. The molecule has 1 aromatic heterocycles. The van der Waals surface area contributed by atoms with Gasteiger partial charge < -0.3 is 9.84 Å². The van der Waals surface area contributed by atoms with Gasteiger partial charge in [0.05, 0.1) is 36.4 Å². The van der Waals surface area contributed by atoms with E-state index >= 15 is 0 Å². The topological polar surface area (TPSA) is 101 Å². The van der Waals surface area contributed by atoms with Gasteiger partial charge in [-0.3, -0.25) is 9.59 Å². The lowest BCUT2D eigenvalue weighted by atomic mass is 10.0. The molecule has 0 spiro atoms. The number of hydrazone groups is 1. The number of carbonyl (C=O) groups excluding carboxylic acids is 1. The molecule has 0 atom stereocenters. The van der Waals surface area contributed by atoms with Crippen molar-refractivity contribution in [3.05, 3.63) is 45.4 Å². The average Bonchev–Trinajstić information content (AvgIpc) is 2.96. The Labute approximate surface area is 149 Å². The van der Waals surface area contributed by atoms with E-state index in [0.29, 0.717) is 28.3 Å². The van der Waals surface area contributed by atoms with Crippen molar-refractivity contribution >= 4 is 28.9 Å². The first-order valence-corrected chi connectivity index (χ1v) is 8.40. The summed E-state index contributed by atoms with van der Waals surface area (Å²) in [6.45, 7) is 3.62. The molecule has 1 amide bonds. The summed E-state index contributed by atoms with van der Waals surface area (Å²) in [6.07, 6.45) is 0.00776. The molecule has 0 fully saturated rings. The fourth-order valence-corrected chi connectivity index (χ4v) is 2.82. The molecule has 0 aliphatic carbocycles. The van der Waals surface area contributed by atoms with E-state index in [0.717, 1.165) is 5.01 Å². The third-order valence-electron chi connectivity index (χ3n) is 3.40. The molecular formula is C17H19N3O4S. The van der Waals surface area contributed by atoms with Crippen LogP contribution in [-0.4, -0.2) is 34.8 Å². The first-order chi connectivity index (χ1) is 11.9. The number of hydrogen-bond donors (Lipinski definition) is 2. The van der Waals surface area contributed by atoms with Gasteiger partial charge in [0.2, 0.25) is 5.91 Å². The molecule has 2 rings (SSSR count). The van der Waals surface area contributed by atoms with Gasteiger partial charge in [-0.25, -0.2) is 10.4 Å². The number of hydrogen-bond acceptors (Lipinski definition) is 6. The first-order valence-electron chi connectivity index (χ1n) is 7.52. The zero-order valence-electron chi connectivity index (χ0n) is 14.2. The standard InChI is InChI=1S/C17H19N3O4S/c1-10(19-20-16(21)8-14-9-25-11(2)18-14)12-4-5-15(24-3)13(6-12)7-17(22)23/h4-6,9H,7-8H2,1-3H3,(H,20,21)(H,22,23)/b19-10-. The van der Waals surface area contributed by atoms with Crippen LogP contribution in [0.2, 0.25) is 0 Å². The van der Waals surface area contributed by atoms with E-state index in [2.05, 4.69) is 15.5 Å². The smallest absolute Gasteiger partial charge is 0.307 e. The lowest BCUT2D eigenvalue weighted by molar-refractivity contribution is -0.136. The van der Waals surface area contributed by atoms with E-state index in [1.165, 1.54) is 18.4 Å². The van der Waals surface area contributed by atoms with Crippen LogP contribution in [0.25, 0.3) is 0 Å². The van der Waals surface area contributed by atoms with Crippen molar-refractivity contribution in [2.24, 2.45) is 5.10 Å². The summed E-state index contributed by atoms with van der Waals surface area (Å²) in [7, 11) is 1.49. The number of aromatic nitrogens is 1. The largest absolute Gasteiger partial charge is 0.496 e. The minimum absolute atomic E-state index is 0.153. The summed E-state index contributed by atoms with van der Waals surface area (Å²) in [4.78, 5) is 27.1. The Morgan fingerprint density at radius 3 is 2.72 bits per heavy atom. The van der Waals surface area contributed by atoms with E-state index in [1.807, 2.05) is 12.3 Å². The molecule has 0 aliphatic heterocycles. The molecule has 1 heterocycles. The molecule has 0 bridgehead atoms. The van der Waals surface area contributed by atoms with Gasteiger partial charge in [-0.15, -0.1) is 11.3 Å². The Balaban J connectivity index is 2.07. The SMILES string of the molecule is COc1ccc(/C(C)=N\NC(=O)Cc2csc(C)n2)cc1CC(=O)O. The normalized spacial score (nSPS) is 11.2. The van der Waals surface area contributed by atoms with Crippen molar-refractivity contribution in [1.82, 2.24) is 10.4 Å². The summed E-state index contributed by atoms with van der Waals surface area (Å²) >= 11 is 1.49. The first kappa shape index (κ1) is 18.6. The monoisotopic (exact) mass is 361 g/mol. The predicted molar refractivity (Wildman–Crippen MR) is 95.2 cm³/mol. The third-order valence-corrected chi connectivity index (χ3v) is 4.22. The fraction of sp³-hybridized carbons (Fsp3) is 0.294. The summed E-state index contributed by atoms with van der Waals surface area (Å²) in [5, 5.41) is 15.8. The number of thiazole rings is 1. The van der Waals surface area contributed by atoms with Crippen LogP contribution >= 0.6 is 11.3 Å². The lowest BCUT2D eigenvalue weighted by Gasteiger charge is -2.09. The second-order valence-electron chi connectivity index (χ2n) is 5.36. The van der Waals surface area contributed by atoms with E-state index in [1.54, 1.807) is 25.1 Å². The van der Waals surface area contributed by atoms with Crippen LogP contribution in [0.3, 0.4) is 0 Å². The zero-order chi connectivity index (χ0) is 18.4. The second kappa shape index (κ2) is 8.39. The number of carboxylic acid groups (broad SMARTS) is 1. The maximum Gasteiger partial charge on any atom is 0.307 e. The molecule has 132 valence electrons. The molecule has 1 aromatic carbocycles. The molecule has 7 nitrogen and oxygen atoms in total. The summed E-state index contributed by atoms with van der Waals surface area (Å²) in [5.41, 5.74) is 5.03. The van der Waals surface area contributed by atoms with Crippen molar-refractivity contribution in [2.75, 3.05) is 7.11 Å². The molecule has 8 heteroatoms.